The molecule has 0 saturated carbocycles. The van der Waals surface area contributed by atoms with E-state index >= 15 is 0 Å². The van der Waals surface area contributed by atoms with Crippen LogP contribution in [0.3, 0.4) is 0 Å². The second-order valence-electron chi connectivity index (χ2n) is 6.29. The molecule has 142 valence electrons. The van der Waals surface area contributed by atoms with Gasteiger partial charge in [-0.25, -0.2) is 4.79 Å². The molecule has 6 heteroatoms. The fourth-order valence-electron chi connectivity index (χ4n) is 2.83. The third-order valence-electron chi connectivity index (χ3n) is 4.23. The zero-order valence-electron chi connectivity index (χ0n) is 14.7. The van der Waals surface area contributed by atoms with Crippen LogP contribution in [0.4, 0.5) is 0 Å². The quantitative estimate of drug-likeness (QED) is 0.480. The Morgan fingerprint density at radius 1 is 0.857 bits per heavy atom. The molecule has 28 heavy (non-hydrogen) atoms. The lowest BCUT2D eigenvalue weighted by atomic mass is 10.0. The molecule has 0 heterocycles. The van der Waals surface area contributed by atoms with Gasteiger partial charge < -0.3 is 10.4 Å². The highest BCUT2D eigenvalue weighted by Gasteiger charge is 2.21. The van der Waals surface area contributed by atoms with Crippen molar-refractivity contribution in [3.63, 3.8) is 0 Å². The van der Waals surface area contributed by atoms with E-state index in [0.29, 0.717) is 5.56 Å². The SMILES string of the molecule is O=C(N[C@H](Cc1ccc(-c2ccccc2)cc1)C(=O)O)c1cc(Br)cc(Br)c1. The van der Waals surface area contributed by atoms with Gasteiger partial charge >= 0.3 is 5.97 Å². The number of carboxylic acid groups (broad SMARTS) is 1. The summed E-state index contributed by atoms with van der Waals surface area (Å²) in [5.74, 6) is -1.51. The van der Waals surface area contributed by atoms with E-state index in [2.05, 4.69) is 37.2 Å². The van der Waals surface area contributed by atoms with Crippen LogP contribution in [0.15, 0.2) is 81.7 Å². The molecule has 0 fully saturated rings. The van der Waals surface area contributed by atoms with E-state index in [4.69, 9.17) is 0 Å². The van der Waals surface area contributed by atoms with Crippen LogP contribution >= 0.6 is 31.9 Å². The predicted octanol–water partition coefficient (Wildman–Crippen LogP) is 5.30. The van der Waals surface area contributed by atoms with Crippen molar-refractivity contribution in [3.05, 3.63) is 92.9 Å². The van der Waals surface area contributed by atoms with Gasteiger partial charge in [-0.3, -0.25) is 4.79 Å². The Morgan fingerprint density at radius 2 is 1.43 bits per heavy atom. The fourth-order valence-corrected chi connectivity index (χ4v) is 4.12. The summed E-state index contributed by atoms with van der Waals surface area (Å²) in [6.07, 6.45) is 0.200. The molecule has 0 saturated heterocycles. The molecular formula is C22H17Br2NO3. The van der Waals surface area contributed by atoms with Gasteiger partial charge in [0.2, 0.25) is 0 Å². The van der Waals surface area contributed by atoms with Crippen LogP contribution in [0.2, 0.25) is 0 Å². The summed E-state index contributed by atoms with van der Waals surface area (Å²) in [6, 6.07) is 21.7. The highest BCUT2D eigenvalue weighted by atomic mass is 79.9. The van der Waals surface area contributed by atoms with Crippen molar-refractivity contribution < 1.29 is 14.7 Å². The van der Waals surface area contributed by atoms with Crippen molar-refractivity contribution in [2.24, 2.45) is 0 Å². The topological polar surface area (TPSA) is 66.4 Å². The summed E-state index contributed by atoms with van der Waals surface area (Å²) in [5, 5.41) is 12.1. The number of benzene rings is 3. The predicted molar refractivity (Wildman–Crippen MR) is 116 cm³/mol. The van der Waals surface area contributed by atoms with Gasteiger partial charge in [0.25, 0.3) is 5.91 Å². The van der Waals surface area contributed by atoms with E-state index < -0.39 is 17.9 Å². The molecule has 0 bridgehead atoms. The van der Waals surface area contributed by atoms with Crippen LogP contribution in [0, 0.1) is 0 Å². The van der Waals surface area contributed by atoms with Crippen LogP contribution in [0.5, 0.6) is 0 Å². The zero-order chi connectivity index (χ0) is 20.1. The highest BCUT2D eigenvalue weighted by molar-refractivity contribution is 9.11. The van der Waals surface area contributed by atoms with Crippen molar-refractivity contribution in [2.45, 2.75) is 12.5 Å². The monoisotopic (exact) mass is 501 g/mol. The summed E-state index contributed by atoms with van der Waals surface area (Å²) >= 11 is 6.66. The maximum atomic E-state index is 12.5. The number of rotatable bonds is 6. The number of amides is 1. The van der Waals surface area contributed by atoms with E-state index in [0.717, 1.165) is 25.6 Å². The number of carbonyl (C=O) groups excluding carboxylic acids is 1. The summed E-state index contributed by atoms with van der Waals surface area (Å²) in [4.78, 5) is 24.1. The maximum absolute atomic E-state index is 12.5. The van der Waals surface area contributed by atoms with E-state index in [1.54, 1.807) is 18.2 Å². The van der Waals surface area contributed by atoms with Crippen molar-refractivity contribution in [3.8, 4) is 11.1 Å². The number of hydrogen-bond acceptors (Lipinski definition) is 2. The highest BCUT2D eigenvalue weighted by Crippen LogP contribution is 2.21. The van der Waals surface area contributed by atoms with Crippen LogP contribution in [-0.4, -0.2) is 23.0 Å². The molecule has 0 aliphatic rings. The Morgan fingerprint density at radius 3 is 2.00 bits per heavy atom. The summed E-state index contributed by atoms with van der Waals surface area (Å²) in [6.45, 7) is 0. The Bertz CT molecular complexity index is 968. The molecule has 3 aromatic rings. The average molecular weight is 503 g/mol. The largest absolute Gasteiger partial charge is 0.480 e. The van der Waals surface area contributed by atoms with E-state index in [1.807, 2.05) is 54.6 Å². The Balaban J connectivity index is 1.72. The molecule has 0 aliphatic heterocycles. The molecular weight excluding hydrogens is 486 g/mol. The average Bonchev–Trinajstić information content (AvgIpc) is 2.68. The molecule has 1 amide bonds. The van der Waals surface area contributed by atoms with Crippen LogP contribution in [0.25, 0.3) is 11.1 Å². The molecule has 0 unspecified atom stereocenters. The number of halogens is 2. The van der Waals surface area contributed by atoms with E-state index in [-0.39, 0.29) is 6.42 Å². The van der Waals surface area contributed by atoms with Gasteiger partial charge in [-0.15, -0.1) is 0 Å². The number of carboxylic acids is 1. The first kappa shape index (κ1) is 20.3. The van der Waals surface area contributed by atoms with Gasteiger partial charge in [0, 0.05) is 20.9 Å². The minimum atomic E-state index is -1.07. The standard InChI is InChI=1S/C22H17Br2NO3/c23-18-11-17(12-19(24)13-18)21(26)25-20(22(27)28)10-14-6-8-16(9-7-14)15-4-2-1-3-5-15/h1-9,11-13,20H,10H2,(H,25,26)(H,27,28)/t20-/m1/s1. The third kappa shape index (κ3) is 5.30. The van der Waals surface area contributed by atoms with Crippen molar-refractivity contribution in [1.29, 1.82) is 0 Å². The first-order valence-electron chi connectivity index (χ1n) is 8.56. The molecule has 0 spiro atoms. The van der Waals surface area contributed by atoms with Gasteiger partial charge in [-0.05, 0) is 34.9 Å². The lowest BCUT2D eigenvalue weighted by molar-refractivity contribution is -0.139. The normalized spacial score (nSPS) is 11.6. The lowest BCUT2D eigenvalue weighted by Gasteiger charge is -2.15. The van der Waals surface area contributed by atoms with Gasteiger partial charge in [0.15, 0.2) is 0 Å². The zero-order valence-corrected chi connectivity index (χ0v) is 17.9. The molecule has 1 atom stereocenters. The maximum Gasteiger partial charge on any atom is 0.326 e. The van der Waals surface area contributed by atoms with E-state index in [9.17, 15) is 14.7 Å². The molecule has 0 aromatic heterocycles. The van der Waals surface area contributed by atoms with Crippen molar-refractivity contribution in [1.82, 2.24) is 5.32 Å². The summed E-state index contributed by atoms with van der Waals surface area (Å²) in [7, 11) is 0. The number of carbonyl (C=O) groups is 2. The van der Waals surface area contributed by atoms with Gasteiger partial charge in [0.1, 0.15) is 6.04 Å². The minimum absolute atomic E-state index is 0.200. The lowest BCUT2D eigenvalue weighted by Crippen LogP contribution is -2.42. The van der Waals surface area contributed by atoms with E-state index in [1.165, 1.54) is 0 Å². The van der Waals surface area contributed by atoms with Crippen molar-refractivity contribution >= 4 is 43.7 Å². The molecule has 3 aromatic carbocycles. The van der Waals surface area contributed by atoms with Gasteiger partial charge in [-0.1, -0.05) is 86.5 Å². The van der Waals surface area contributed by atoms with Crippen LogP contribution in [-0.2, 0) is 11.2 Å². The minimum Gasteiger partial charge on any atom is -0.480 e. The number of hydrogen-bond donors (Lipinski definition) is 2. The third-order valence-corrected chi connectivity index (χ3v) is 5.14. The molecule has 0 radical (unpaired) electrons. The molecule has 4 nitrogen and oxygen atoms in total. The first-order chi connectivity index (χ1) is 13.4. The molecule has 2 N–H and O–H groups in total. The number of nitrogens with one attached hydrogen (secondary N) is 1. The van der Waals surface area contributed by atoms with Crippen molar-refractivity contribution in [2.75, 3.05) is 0 Å². The first-order valence-corrected chi connectivity index (χ1v) is 10.1. The summed E-state index contributed by atoms with van der Waals surface area (Å²) < 4.78 is 1.46. The fraction of sp³-hybridized carbons (Fsp3) is 0.0909. The van der Waals surface area contributed by atoms with Crippen LogP contribution in [0.1, 0.15) is 15.9 Å². The smallest absolute Gasteiger partial charge is 0.326 e. The Kier molecular flexibility index (Phi) is 6.65. The summed E-state index contributed by atoms with van der Waals surface area (Å²) in [5.41, 5.74) is 3.37. The van der Waals surface area contributed by atoms with Gasteiger partial charge in [-0.2, -0.15) is 0 Å². The Hall–Kier alpha value is -2.44. The molecule has 3 rings (SSSR count). The number of aliphatic carboxylic acids is 1. The van der Waals surface area contributed by atoms with Gasteiger partial charge in [0.05, 0.1) is 0 Å². The Labute approximate surface area is 179 Å². The second kappa shape index (κ2) is 9.17. The van der Waals surface area contributed by atoms with Crippen LogP contribution < -0.4 is 5.32 Å². The second-order valence-corrected chi connectivity index (χ2v) is 8.12. The molecule has 0 aliphatic carbocycles.